The van der Waals surface area contributed by atoms with Gasteiger partial charge in [-0.2, -0.15) is 0 Å². The lowest BCUT2D eigenvalue weighted by Crippen LogP contribution is -2.30. The minimum absolute atomic E-state index is 0.0435. The Kier molecular flexibility index (Phi) is 6.06. The van der Waals surface area contributed by atoms with Crippen LogP contribution in [0.1, 0.15) is 40.6 Å². The molecule has 2 aromatic heterocycles. The number of anilines is 1. The fourth-order valence-corrected chi connectivity index (χ4v) is 4.82. The number of hydrogen-bond donors (Lipinski definition) is 1. The van der Waals surface area contributed by atoms with E-state index in [1.165, 1.54) is 11.3 Å². The quantitative estimate of drug-likeness (QED) is 0.631. The van der Waals surface area contributed by atoms with Crippen molar-refractivity contribution in [1.82, 2.24) is 14.9 Å². The number of carbonyl (C=O) groups excluding carboxylic acids is 1. The molecule has 7 heteroatoms. The number of aromatic nitrogens is 2. The van der Waals surface area contributed by atoms with Crippen LogP contribution in [0.5, 0.6) is 0 Å². The molecule has 1 aromatic carbocycles. The van der Waals surface area contributed by atoms with E-state index in [4.69, 9.17) is 4.74 Å². The van der Waals surface area contributed by atoms with Crippen molar-refractivity contribution in [3.8, 4) is 0 Å². The minimum atomic E-state index is 0.0435. The van der Waals surface area contributed by atoms with Gasteiger partial charge in [0.15, 0.2) is 0 Å². The molecular weight excluding hydrogens is 384 g/mol. The van der Waals surface area contributed by atoms with Gasteiger partial charge >= 0.3 is 0 Å². The molecule has 4 rings (SSSR count). The minimum Gasteiger partial charge on any atom is -0.376 e. The van der Waals surface area contributed by atoms with E-state index in [2.05, 4.69) is 15.3 Å². The summed E-state index contributed by atoms with van der Waals surface area (Å²) < 4.78 is 5.70. The molecule has 0 aliphatic carbocycles. The average Bonchev–Trinajstić information content (AvgIpc) is 3.39. The number of amides is 1. The van der Waals surface area contributed by atoms with Crippen molar-refractivity contribution >= 4 is 33.3 Å². The van der Waals surface area contributed by atoms with Crippen LogP contribution < -0.4 is 5.32 Å². The number of ether oxygens (including phenoxy) is 1. The number of benzene rings is 1. The molecule has 1 N–H and O–H groups in total. The first-order valence-corrected chi connectivity index (χ1v) is 10.9. The van der Waals surface area contributed by atoms with E-state index in [0.29, 0.717) is 13.1 Å². The number of hydrogen-bond acceptors (Lipinski definition) is 6. The molecule has 1 aliphatic rings. The van der Waals surface area contributed by atoms with Gasteiger partial charge in [-0.3, -0.25) is 4.79 Å². The summed E-state index contributed by atoms with van der Waals surface area (Å²) in [5.74, 6) is 0.825. The average molecular weight is 411 g/mol. The van der Waals surface area contributed by atoms with Gasteiger partial charge in [-0.1, -0.05) is 30.3 Å². The number of nitrogens with one attached hydrogen (secondary N) is 1. The molecule has 1 aliphatic heterocycles. The number of carbonyl (C=O) groups is 1. The van der Waals surface area contributed by atoms with Gasteiger partial charge in [-0.15, -0.1) is 11.3 Å². The summed E-state index contributed by atoms with van der Waals surface area (Å²) in [7, 11) is 0. The van der Waals surface area contributed by atoms with Crippen LogP contribution in [-0.4, -0.2) is 46.6 Å². The second-order valence-corrected chi connectivity index (χ2v) is 8.28. The van der Waals surface area contributed by atoms with Crippen molar-refractivity contribution in [2.24, 2.45) is 0 Å². The van der Waals surface area contributed by atoms with Crippen LogP contribution in [0, 0.1) is 6.92 Å². The van der Waals surface area contributed by atoms with Crippen LogP contribution in [0.2, 0.25) is 0 Å². The van der Waals surface area contributed by atoms with Gasteiger partial charge in [0.1, 0.15) is 17.0 Å². The van der Waals surface area contributed by atoms with E-state index >= 15 is 0 Å². The first-order valence-electron chi connectivity index (χ1n) is 10.1. The van der Waals surface area contributed by atoms with Crippen molar-refractivity contribution in [3.63, 3.8) is 0 Å². The summed E-state index contributed by atoms with van der Waals surface area (Å²) in [5.41, 5.74) is 2.07. The van der Waals surface area contributed by atoms with Gasteiger partial charge in [0, 0.05) is 26.2 Å². The Bertz CT molecular complexity index is 983. The molecule has 1 saturated heterocycles. The summed E-state index contributed by atoms with van der Waals surface area (Å²) in [6.45, 7) is 6.80. The standard InChI is InChI=1S/C22H26N4O2S/c1-3-26(13-16-8-5-4-6-9-16)22(27)19-15(2)18-20(24-14-25-21(18)29-19)23-12-17-10-7-11-28-17/h4-6,8-9,14,17H,3,7,10-13H2,1-2H3,(H,23,24,25). The van der Waals surface area contributed by atoms with Crippen molar-refractivity contribution in [2.45, 2.75) is 39.3 Å². The number of thiophene rings is 1. The van der Waals surface area contributed by atoms with Gasteiger partial charge in [0.05, 0.1) is 16.4 Å². The fraction of sp³-hybridized carbons (Fsp3) is 0.409. The molecule has 0 bridgehead atoms. The lowest BCUT2D eigenvalue weighted by molar-refractivity contribution is 0.0757. The highest BCUT2D eigenvalue weighted by Crippen LogP contribution is 2.34. The zero-order chi connectivity index (χ0) is 20.2. The summed E-state index contributed by atoms with van der Waals surface area (Å²) in [6, 6.07) is 10.1. The Hall–Kier alpha value is -2.51. The zero-order valence-electron chi connectivity index (χ0n) is 16.9. The van der Waals surface area contributed by atoms with Gasteiger partial charge in [-0.25, -0.2) is 9.97 Å². The summed E-state index contributed by atoms with van der Waals surface area (Å²) in [5, 5.41) is 4.35. The van der Waals surface area contributed by atoms with Crippen LogP contribution in [0.4, 0.5) is 5.82 Å². The predicted octanol–water partition coefficient (Wildman–Crippen LogP) is 4.25. The summed E-state index contributed by atoms with van der Waals surface area (Å²) in [4.78, 5) is 25.6. The van der Waals surface area contributed by atoms with Crippen LogP contribution >= 0.6 is 11.3 Å². The van der Waals surface area contributed by atoms with E-state index in [-0.39, 0.29) is 12.0 Å². The summed E-state index contributed by atoms with van der Waals surface area (Å²) in [6.07, 6.45) is 3.96. The fourth-order valence-electron chi connectivity index (χ4n) is 3.70. The zero-order valence-corrected chi connectivity index (χ0v) is 17.7. The molecule has 3 heterocycles. The second-order valence-electron chi connectivity index (χ2n) is 7.28. The van der Waals surface area contributed by atoms with Crippen LogP contribution in [-0.2, 0) is 11.3 Å². The molecule has 6 nitrogen and oxygen atoms in total. The number of rotatable bonds is 7. The third kappa shape index (κ3) is 4.26. The molecule has 1 amide bonds. The molecular formula is C22H26N4O2S. The maximum atomic E-state index is 13.3. The van der Waals surface area contributed by atoms with E-state index in [1.54, 1.807) is 6.33 Å². The van der Waals surface area contributed by atoms with Crippen molar-refractivity contribution in [3.05, 3.63) is 52.7 Å². The van der Waals surface area contributed by atoms with E-state index in [0.717, 1.165) is 58.0 Å². The lowest BCUT2D eigenvalue weighted by Gasteiger charge is -2.20. The first kappa shape index (κ1) is 19.8. The normalized spacial score (nSPS) is 16.3. The van der Waals surface area contributed by atoms with Crippen molar-refractivity contribution < 1.29 is 9.53 Å². The van der Waals surface area contributed by atoms with Gasteiger partial charge in [-0.05, 0) is 37.8 Å². The first-order chi connectivity index (χ1) is 14.2. The molecule has 29 heavy (non-hydrogen) atoms. The lowest BCUT2D eigenvalue weighted by atomic mass is 10.1. The highest BCUT2D eigenvalue weighted by atomic mass is 32.1. The van der Waals surface area contributed by atoms with Crippen molar-refractivity contribution in [2.75, 3.05) is 25.0 Å². The molecule has 0 radical (unpaired) electrons. The number of fused-ring (bicyclic) bond motifs is 1. The van der Waals surface area contributed by atoms with Crippen LogP contribution in [0.15, 0.2) is 36.7 Å². The van der Waals surface area contributed by atoms with Crippen LogP contribution in [0.3, 0.4) is 0 Å². The Morgan fingerprint density at radius 2 is 2.14 bits per heavy atom. The molecule has 3 aromatic rings. The van der Waals surface area contributed by atoms with Gasteiger partial charge in [0.2, 0.25) is 0 Å². The molecule has 152 valence electrons. The molecule has 1 atom stereocenters. The van der Waals surface area contributed by atoms with Crippen molar-refractivity contribution in [1.29, 1.82) is 0 Å². The highest BCUT2D eigenvalue weighted by molar-refractivity contribution is 7.20. The van der Waals surface area contributed by atoms with E-state index in [1.807, 2.05) is 49.1 Å². The Labute approximate surface area is 174 Å². The molecule has 0 spiro atoms. The number of nitrogens with zero attached hydrogens (tertiary/aromatic N) is 3. The Balaban J connectivity index is 1.59. The topological polar surface area (TPSA) is 67.4 Å². The summed E-state index contributed by atoms with van der Waals surface area (Å²) >= 11 is 1.44. The van der Waals surface area contributed by atoms with Gasteiger partial charge < -0.3 is 15.0 Å². The third-order valence-electron chi connectivity index (χ3n) is 5.33. The predicted molar refractivity (Wildman–Crippen MR) is 116 cm³/mol. The largest absolute Gasteiger partial charge is 0.376 e. The monoisotopic (exact) mass is 410 g/mol. The van der Waals surface area contributed by atoms with Gasteiger partial charge in [0.25, 0.3) is 5.91 Å². The van der Waals surface area contributed by atoms with Crippen LogP contribution in [0.25, 0.3) is 10.2 Å². The maximum absolute atomic E-state index is 13.3. The Morgan fingerprint density at radius 3 is 2.86 bits per heavy atom. The molecule has 1 unspecified atom stereocenters. The molecule has 0 saturated carbocycles. The smallest absolute Gasteiger partial charge is 0.264 e. The van der Waals surface area contributed by atoms with E-state index in [9.17, 15) is 4.79 Å². The third-order valence-corrected chi connectivity index (χ3v) is 6.52. The molecule has 1 fully saturated rings. The Morgan fingerprint density at radius 1 is 1.31 bits per heavy atom. The number of aryl methyl sites for hydroxylation is 1. The highest BCUT2D eigenvalue weighted by Gasteiger charge is 2.24. The maximum Gasteiger partial charge on any atom is 0.264 e. The van der Waals surface area contributed by atoms with E-state index < -0.39 is 0 Å². The second kappa shape index (κ2) is 8.88. The SMILES string of the molecule is CCN(Cc1ccccc1)C(=O)c1sc2ncnc(NCC3CCCO3)c2c1C.